The van der Waals surface area contributed by atoms with Crippen molar-refractivity contribution in [3.05, 3.63) is 48.7 Å². The molecule has 2 rings (SSSR count). The monoisotopic (exact) mass is 213 g/mol. The van der Waals surface area contributed by atoms with Crippen molar-refractivity contribution >= 4 is 22.4 Å². The minimum absolute atomic E-state index is 0.320. The normalized spacial score (nSPS) is 10.1. The van der Waals surface area contributed by atoms with Crippen LogP contribution in [-0.2, 0) is 9.53 Å². The van der Waals surface area contributed by atoms with Crippen molar-refractivity contribution in [1.82, 2.24) is 4.98 Å². The zero-order valence-corrected chi connectivity index (χ0v) is 8.93. The summed E-state index contributed by atoms with van der Waals surface area (Å²) in [5.74, 6) is -0.433. The van der Waals surface area contributed by atoms with Crippen LogP contribution in [0.1, 0.15) is 5.56 Å². The highest BCUT2D eigenvalue weighted by molar-refractivity contribution is 6.15. The van der Waals surface area contributed by atoms with Crippen LogP contribution in [0.4, 0.5) is 0 Å². The van der Waals surface area contributed by atoms with Crippen molar-refractivity contribution in [2.45, 2.75) is 0 Å². The number of esters is 1. The van der Waals surface area contributed by atoms with Crippen LogP contribution in [0.5, 0.6) is 0 Å². The largest absolute Gasteiger partial charge is 0.465 e. The molecule has 0 N–H and O–H groups in total. The molecule has 2 aromatic rings. The molecule has 0 atom stereocenters. The third-order valence-corrected chi connectivity index (χ3v) is 2.37. The van der Waals surface area contributed by atoms with E-state index in [-0.39, 0.29) is 0 Å². The Kier molecular flexibility index (Phi) is 2.68. The lowest BCUT2D eigenvalue weighted by molar-refractivity contribution is -0.133. The molecule has 16 heavy (non-hydrogen) atoms. The number of aromatic nitrogens is 1. The topological polar surface area (TPSA) is 39.2 Å². The maximum absolute atomic E-state index is 11.3. The van der Waals surface area contributed by atoms with Gasteiger partial charge < -0.3 is 4.74 Å². The van der Waals surface area contributed by atoms with Gasteiger partial charge in [0.05, 0.1) is 18.2 Å². The lowest BCUT2D eigenvalue weighted by Crippen LogP contribution is -2.02. The summed E-state index contributed by atoms with van der Waals surface area (Å²) < 4.78 is 4.61. The van der Waals surface area contributed by atoms with Crippen LogP contribution in [0.15, 0.2) is 43.1 Å². The van der Waals surface area contributed by atoms with Gasteiger partial charge in [-0.1, -0.05) is 24.8 Å². The van der Waals surface area contributed by atoms with E-state index >= 15 is 0 Å². The van der Waals surface area contributed by atoms with Gasteiger partial charge in [0.2, 0.25) is 0 Å². The summed E-state index contributed by atoms with van der Waals surface area (Å²) in [4.78, 5) is 15.5. The number of benzene rings is 1. The van der Waals surface area contributed by atoms with Crippen LogP contribution in [0.2, 0.25) is 0 Å². The molecule has 0 aliphatic heterocycles. The number of fused-ring (bicyclic) bond motifs is 1. The smallest absolute Gasteiger partial charge is 0.337 e. The fourth-order valence-corrected chi connectivity index (χ4v) is 1.48. The number of rotatable bonds is 2. The second-order valence-corrected chi connectivity index (χ2v) is 3.39. The SMILES string of the molecule is C=C(C(=O)OC)c1cnc2ccccc2c1. The molecular formula is C13H11NO2. The predicted molar refractivity (Wildman–Crippen MR) is 62.8 cm³/mol. The third kappa shape index (κ3) is 1.80. The molecule has 80 valence electrons. The fourth-order valence-electron chi connectivity index (χ4n) is 1.48. The highest BCUT2D eigenvalue weighted by Gasteiger charge is 2.09. The van der Waals surface area contributed by atoms with E-state index in [9.17, 15) is 4.79 Å². The fraction of sp³-hybridized carbons (Fsp3) is 0.0769. The standard InChI is InChI=1S/C13H11NO2/c1-9(13(15)16-2)11-7-10-5-3-4-6-12(10)14-8-11/h3-8H,1H2,2H3. The van der Waals surface area contributed by atoms with Crippen molar-refractivity contribution < 1.29 is 9.53 Å². The van der Waals surface area contributed by atoms with Crippen molar-refractivity contribution in [2.75, 3.05) is 7.11 Å². The molecule has 1 aromatic carbocycles. The zero-order valence-electron chi connectivity index (χ0n) is 8.93. The van der Waals surface area contributed by atoms with E-state index in [4.69, 9.17) is 0 Å². The second kappa shape index (κ2) is 4.14. The van der Waals surface area contributed by atoms with E-state index in [1.54, 1.807) is 6.20 Å². The van der Waals surface area contributed by atoms with Gasteiger partial charge in [-0.2, -0.15) is 0 Å². The maximum Gasteiger partial charge on any atom is 0.337 e. The van der Waals surface area contributed by atoms with Gasteiger partial charge in [-0.15, -0.1) is 0 Å². The van der Waals surface area contributed by atoms with Crippen molar-refractivity contribution in [3.8, 4) is 0 Å². The number of nitrogens with zero attached hydrogens (tertiary/aromatic N) is 1. The third-order valence-electron chi connectivity index (χ3n) is 2.37. The van der Waals surface area contributed by atoms with Gasteiger partial charge in [0.1, 0.15) is 0 Å². The number of para-hydroxylation sites is 1. The second-order valence-electron chi connectivity index (χ2n) is 3.39. The summed E-state index contributed by atoms with van der Waals surface area (Å²) >= 11 is 0. The number of hydrogen-bond donors (Lipinski definition) is 0. The number of carbonyl (C=O) groups is 1. The molecule has 0 saturated carbocycles. The minimum Gasteiger partial charge on any atom is -0.465 e. The van der Waals surface area contributed by atoms with Gasteiger partial charge >= 0.3 is 5.97 Å². The number of pyridine rings is 1. The van der Waals surface area contributed by atoms with Crippen LogP contribution in [0.25, 0.3) is 16.5 Å². The molecule has 0 amide bonds. The summed E-state index contributed by atoms with van der Waals surface area (Å²) in [6, 6.07) is 9.58. The maximum atomic E-state index is 11.3. The molecule has 0 fully saturated rings. The van der Waals surface area contributed by atoms with Crippen LogP contribution >= 0.6 is 0 Å². The Morgan fingerprint density at radius 3 is 2.88 bits per heavy atom. The van der Waals surface area contributed by atoms with Crippen molar-refractivity contribution in [1.29, 1.82) is 0 Å². The van der Waals surface area contributed by atoms with Crippen LogP contribution in [0.3, 0.4) is 0 Å². The molecule has 0 spiro atoms. The molecule has 0 radical (unpaired) electrons. The average Bonchev–Trinajstić information content (AvgIpc) is 2.36. The van der Waals surface area contributed by atoms with E-state index in [0.717, 1.165) is 10.9 Å². The van der Waals surface area contributed by atoms with Crippen molar-refractivity contribution in [2.24, 2.45) is 0 Å². The number of carbonyl (C=O) groups excluding carboxylic acids is 1. The Morgan fingerprint density at radius 2 is 2.12 bits per heavy atom. The van der Waals surface area contributed by atoms with Gasteiger partial charge in [-0.05, 0) is 12.1 Å². The highest BCUT2D eigenvalue weighted by atomic mass is 16.5. The highest BCUT2D eigenvalue weighted by Crippen LogP contribution is 2.18. The minimum atomic E-state index is -0.433. The van der Waals surface area contributed by atoms with Crippen LogP contribution < -0.4 is 0 Å². The molecular weight excluding hydrogens is 202 g/mol. The Morgan fingerprint density at radius 1 is 1.38 bits per heavy atom. The molecule has 3 nitrogen and oxygen atoms in total. The summed E-state index contributed by atoms with van der Waals surface area (Å²) in [7, 11) is 1.34. The van der Waals surface area contributed by atoms with Gasteiger partial charge in [0.25, 0.3) is 0 Å². The summed E-state index contributed by atoms with van der Waals surface area (Å²) in [6.45, 7) is 3.69. The number of methoxy groups -OCH3 is 1. The van der Waals surface area contributed by atoms with Gasteiger partial charge in [0.15, 0.2) is 0 Å². The first-order chi connectivity index (χ1) is 7.72. The Bertz CT molecular complexity index is 561. The Labute approximate surface area is 93.4 Å². The summed E-state index contributed by atoms with van der Waals surface area (Å²) in [5.41, 5.74) is 1.90. The first-order valence-electron chi connectivity index (χ1n) is 4.85. The predicted octanol–water partition coefficient (Wildman–Crippen LogP) is 2.42. The zero-order chi connectivity index (χ0) is 11.5. The number of hydrogen-bond acceptors (Lipinski definition) is 3. The Balaban J connectivity index is 2.47. The first-order valence-corrected chi connectivity index (χ1v) is 4.85. The Hall–Kier alpha value is -2.16. The van der Waals surface area contributed by atoms with E-state index in [1.807, 2.05) is 30.3 Å². The first kappa shape index (κ1) is 10.4. The van der Waals surface area contributed by atoms with Gasteiger partial charge in [-0.3, -0.25) is 4.98 Å². The molecule has 0 saturated heterocycles. The van der Waals surface area contributed by atoms with Crippen molar-refractivity contribution in [3.63, 3.8) is 0 Å². The van der Waals surface area contributed by atoms with Crippen LogP contribution in [0, 0.1) is 0 Å². The lowest BCUT2D eigenvalue weighted by atomic mass is 10.1. The summed E-state index contributed by atoms with van der Waals surface area (Å²) in [6.07, 6.45) is 1.63. The van der Waals surface area contributed by atoms with Crippen LogP contribution in [-0.4, -0.2) is 18.1 Å². The van der Waals surface area contributed by atoms with E-state index in [2.05, 4.69) is 16.3 Å². The van der Waals surface area contributed by atoms with E-state index < -0.39 is 5.97 Å². The quantitative estimate of drug-likeness (QED) is 0.568. The molecule has 1 heterocycles. The molecule has 0 aliphatic rings. The molecule has 0 unspecified atom stereocenters. The molecule has 3 heteroatoms. The van der Waals surface area contributed by atoms with E-state index in [1.165, 1.54) is 7.11 Å². The number of ether oxygens (including phenoxy) is 1. The van der Waals surface area contributed by atoms with Gasteiger partial charge in [-0.25, -0.2) is 4.79 Å². The van der Waals surface area contributed by atoms with E-state index in [0.29, 0.717) is 11.1 Å². The lowest BCUT2D eigenvalue weighted by Gasteiger charge is -2.04. The molecule has 0 aliphatic carbocycles. The van der Waals surface area contributed by atoms with Gasteiger partial charge in [0, 0.05) is 17.1 Å². The molecule has 1 aromatic heterocycles. The summed E-state index contributed by atoms with van der Waals surface area (Å²) in [5, 5.41) is 0.977. The average molecular weight is 213 g/mol. The molecule has 0 bridgehead atoms.